The molecule has 0 aliphatic carbocycles. The Labute approximate surface area is 87.5 Å². The number of anilines is 1. The number of nitrogens with zero attached hydrogens (tertiary/aromatic N) is 3. The van der Waals surface area contributed by atoms with Crippen molar-refractivity contribution in [1.82, 2.24) is 9.97 Å². The first-order chi connectivity index (χ1) is 7.06. The van der Waals surface area contributed by atoms with Crippen LogP contribution in [0, 0.1) is 0 Å². The fraction of sp³-hybridized carbons (Fsp3) is 0.444. The molecule has 0 atom stereocenters. The Morgan fingerprint density at radius 1 is 1.60 bits per heavy atom. The molecule has 82 valence electrons. The molecule has 1 aromatic rings. The van der Waals surface area contributed by atoms with Crippen LogP contribution in [0.3, 0.4) is 0 Å². The number of carboxylic acid groups (broad SMARTS) is 1. The number of rotatable bonds is 4. The van der Waals surface area contributed by atoms with Gasteiger partial charge in [-0.2, -0.15) is 4.98 Å². The molecule has 6 nitrogen and oxygen atoms in total. The molecule has 0 spiro atoms. The highest BCUT2D eigenvalue weighted by Crippen LogP contribution is 2.17. The van der Waals surface area contributed by atoms with Crippen molar-refractivity contribution < 1.29 is 14.6 Å². The van der Waals surface area contributed by atoms with E-state index in [4.69, 9.17) is 9.84 Å². The second kappa shape index (κ2) is 4.59. The van der Waals surface area contributed by atoms with E-state index in [-0.39, 0.29) is 11.4 Å². The maximum atomic E-state index is 10.8. The lowest BCUT2D eigenvalue weighted by Gasteiger charge is -2.12. The Morgan fingerprint density at radius 3 is 2.73 bits per heavy atom. The van der Waals surface area contributed by atoms with E-state index in [9.17, 15) is 4.79 Å². The summed E-state index contributed by atoms with van der Waals surface area (Å²) in [6.45, 7) is 2.13. The predicted molar refractivity (Wildman–Crippen MR) is 54.5 cm³/mol. The van der Waals surface area contributed by atoms with Gasteiger partial charge < -0.3 is 14.7 Å². The van der Waals surface area contributed by atoms with E-state index in [0.717, 1.165) is 0 Å². The summed E-state index contributed by atoms with van der Waals surface area (Å²) in [6.07, 6.45) is 1.25. The van der Waals surface area contributed by atoms with Crippen molar-refractivity contribution in [3.63, 3.8) is 0 Å². The standard InChI is InChI=1S/C9H13N3O3/c1-4-15-7-6(8(13)14)5-10-9(11-7)12(2)3/h5H,4H2,1-3H3,(H,13,14). The first-order valence-corrected chi connectivity index (χ1v) is 4.46. The lowest BCUT2D eigenvalue weighted by Crippen LogP contribution is -2.15. The maximum absolute atomic E-state index is 10.8. The van der Waals surface area contributed by atoms with Gasteiger partial charge in [-0.05, 0) is 6.92 Å². The third-order valence-electron chi connectivity index (χ3n) is 1.65. The Hall–Kier alpha value is -1.85. The van der Waals surface area contributed by atoms with Gasteiger partial charge in [-0.25, -0.2) is 9.78 Å². The van der Waals surface area contributed by atoms with E-state index in [2.05, 4.69) is 9.97 Å². The summed E-state index contributed by atoms with van der Waals surface area (Å²) in [4.78, 5) is 20.4. The quantitative estimate of drug-likeness (QED) is 0.787. The molecule has 0 fully saturated rings. The summed E-state index contributed by atoms with van der Waals surface area (Å²) in [7, 11) is 3.54. The van der Waals surface area contributed by atoms with E-state index in [1.54, 1.807) is 25.9 Å². The van der Waals surface area contributed by atoms with Gasteiger partial charge in [-0.15, -0.1) is 0 Å². The molecule has 0 unspecified atom stereocenters. The number of hydrogen-bond donors (Lipinski definition) is 1. The molecule has 15 heavy (non-hydrogen) atoms. The average Bonchev–Trinajstić information content (AvgIpc) is 2.17. The van der Waals surface area contributed by atoms with Crippen LogP contribution in [0.5, 0.6) is 5.88 Å². The first kappa shape index (κ1) is 11.2. The molecule has 0 aromatic carbocycles. The first-order valence-electron chi connectivity index (χ1n) is 4.46. The van der Waals surface area contributed by atoms with E-state index < -0.39 is 5.97 Å². The number of hydrogen-bond acceptors (Lipinski definition) is 5. The van der Waals surface area contributed by atoms with Crippen LogP contribution in [0.4, 0.5) is 5.95 Å². The van der Waals surface area contributed by atoms with Gasteiger partial charge >= 0.3 is 5.97 Å². The Bertz CT molecular complexity index is 366. The van der Waals surface area contributed by atoms with E-state index in [0.29, 0.717) is 12.6 Å². The maximum Gasteiger partial charge on any atom is 0.342 e. The summed E-state index contributed by atoms with van der Waals surface area (Å²) in [5.74, 6) is -0.573. The molecule has 0 saturated carbocycles. The molecule has 1 aromatic heterocycles. The second-order valence-electron chi connectivity index (χ2n) is 3.02. The lowest BCUT2D eigenvalue weighted by molar-refractivity contribution is 0.0691. The van der Waals surface area contributed by atoms with Crippen molar-refractivity contribution in [1.29, 1.82) is 0 Å². The largest absolute Gasteiger partial charge is 0.477 e. The van der Waals surface area contributed by atoms with Gasteiger partial charge in [0, 0.05) is 14.1 Å². The van der Waals surface area contributed by atoms with Crippen molar-refractivity contribution in [2.45, 2.75) is 6.92 Å². The molecule has 0 radical (unpaired) electrons. The smallest absolute Gasteiger partial charge is 0.342 e. The van der Waals surface area contributed by atoms with Crippen molar-refractivity contribution in [3.05, 3.63) is 11.8 Å². The number of aromatic carboxylic acids is 1. The molecule has 0 amide bonds. The fourth-order valence-corrected chi connectivity index (χ4v) is 0.966. The normalized spacial score (nSPS) is 9.80. The van der Waals surface area contributed by atoms with Crippen LogP contribution >= 0.6 is 0 Å². The molecular weight excluding hydrogens is 198 g/mol. The minimum atomic E-state index is -1.09. The highest BCUT2D eigenvalue weighted by atomic mass is 16.5. The van der Waals surface area contributed by atoms with Gasteiger partial charge in [-0.1, -0.05) is 0 Å². The summed E-state index contributed by atoms with van der Waals surface area (Å²) in [5.41, 5.74) is -0.0255. The Kier molecular flexibility index (Phi) is 3.43. The minimum absolute atomic E-state index is 0.0255. The molecule has 0 aliphatic heterocycles. The molecule has 0 bridgehead atoms. The van der Waals surface area contributed by atoms with E-state index in [1.807, 2.05) is 0 Å². The molecular formula is C9H13N3O3. The van der Waals surface area contributed by atoms with E-state index in [1.165, 1.54) is 6.20 Å². The van der Waals surface area contributed by atoms with E-state index >= 15 is 0 Å². The van der Waals surface area contributed by atoms with Crippen molar-refractivity contribution >= 4 is 11.9 Å². The van der Waals surface area contributed by atoms with Gasteiger partial charge in [-0.3, -0.25) is 0 Å². The third kappa shape index (κ3) is 2.55. The lowest BCUT2D eigenvalue weighted by atomic mass is 10.3. The second-order valence-corrected chi connectivity index (χ2v) is 3.02. The molecule has 1 rings (SSSR count). The van der Waals surface area contributed by atoms with Gasteiger partial charge in [0.1, 0.15) is 5.56 Å². The van der Waals surface area contributed by atoms with Crippen LogP contribution in [0.25, 0.3) is 0 Å². The Morgan fingerprint density at radius 2 is 2.27 bits per heavy atom. The molecule has 0 saturated heterocycles. The van der Waals surface area contributed by atoms with Crippen LogP contribution in [-0.2, 0) is 0 Å². The number of aromatic nitrogens is 2. The van der Waals surface area contributed by atoms with Crippen LogP contribution in [-0.4, -0.2) is 41.7 Å². The highest BCUT2D eigenvalue weighted by Gasteiger charge is 2.15. The van der Waals surface area contributed by atoms with Gasteiger partial charge in [0.05, 0.1) is 12.8 Å². The van der Waals surface area contributed by atoms with Crippen LogP contribution in [0.2, 0.25) is 0 Å². The fourth-order valence-electron chi connectivity index (χ4n) is 0.966. The molecule has 1 N–H and O–H groups in total. The number of ether oxygens (including phenoxy) is 1. The van der Waals surface area contributed by atoms with Crippen LogP contribution in [0.15, 0.2) is 6.20 Å². The minimum Gasteiger partial charge on any atom is -0.477 e. The van der Waals surface area contributed by atoms with Crippen molar-refractivity contribution in [2.75, 3.05) is 25.6 Å². The van der Waals surface area contributed by atoms with Gasteiger partial charge in [0.2, 0.25) is 11.8 Å². The zero-order valence-corrected chi connectivity index (χ0v) is 8.89. The van der Waals surface area contributed by atoms with Crippen LogP contribution in [0.1, 0.15) is 17.3 Å². The van der Waals surface area contributed by atoms with Gasteiger partial charge in [0.15, 0.2) is 0 Å². The number of carboxylic acids is 1. The molecule has 0 aliphatic rings. The zero-order valence-electron chi connectivity index (χ0n) is 8.89. The summed E-state index contributed by atoms with van der Waals surface area (Å²) < 4.78 is 5.13. The third-order valence-corrected chi connectivity index (χ3v) is 1.65. The summed E-state index contributed by atoms with van der Waals surface area (Å²) in [5, 5.41) is 8.85. The summed E-state index contributed by atoms with van der Waals surface area (Å²) >= 11 is 0. The SMILES string of the molecule is CCOc1nc(N(C)C)ncc1C(=O)O. The highest BCUT2D eigenvalue weighted by molar-refractivity contribution is 5.89. The zero-order chi connectivity index (χ0) is 11.4. The van der Waals surface area contributed by atoms with Crippen molar-refractivity contribution in [2.24, 2.45) is 0 Å². The van der Waals surface area contributed by atoms with Gasteiger partial charge in [0.25, 0.3) is 0 Å². The average molecular weight is 211 g/mol. The van der Waals surface area contributed by atoms with Crippen molar-refractivity contribution in [3.8, 4) is 5.88 Å². The Balaban J connectivity index is 3.14. The van der Waals surface area contributed by atoms with Crippen LogP contribution < -0.4 is 9.64 Å². The number of carbonyl (C=O) groups is 1. The molecule has 1 heterocycles. The predicted octanol–water partition coefficient (Wildman–Crippen LogP) is 0.639. The molecule has 6 heteroatoms. The topological polar surface area (TPSA) is 75.5 Å². The summed E-state index contributed by atoms with van der Waals surface area (Å²) in [6, 6.07) is 0. The monoisotopic (exact) mass is 211 g/mol.